The summed E-state index contributed by atoms with van der Waals surface area (Å²) >= 11 is 29.0. The number of hydrogen-bond donors (Lipinski definition) is 2. The van der Waals surface area contributed by atoms with E-state index in [0.717, 1.165) is 0 Å². The first-order valence-electron chi connectivity index (χ1n) is 17.0. The molecule has 3 aliphatic carbocycles. The van der Waals surface area contributed by atoms with E-state index in [1.54, 1.807) is 27.7 Å². The van der Waals surface area contributed by atoms with Gasteiger partial charge in [-0.25, -0.2) is 4.79 Å². The molecule has 0 amide bonds. The van der Waals surface area contributed by atoms with Gasteiger partial charge < -0.3 is 19.9 Å². The predicted octanol–water partition coefficient (Wildman–Crippen LogP) is 9.40. The molecule has 0 fully saturated rings. The highest BCUT2D eigenvalue weighted by Gasteiger charge is 2.70. The van der Waals surface area contributed by atoms with Crippen molar-refractivity contribution in [1.82, 2.24) is 0 Å². The van der Waals surface area contributed by atoms with Gasteiger partial charge in [0.15, 0.2) is 17.0 Å². The minimum absolute atomic E-state index is 0.00447. The van der Waals surface area contributed by atoms with E-state index >= 15 is 0 Å². The Bertz CT molecular complexity index is 1750. The van der Waals surface area contributed by atoms with Crippen molar-refractivity contribution in [3.63, 3.8) is 0 Å². The molecule has 0 saturated heterocycles. The molecule has 0 aromatic heterocycles. The highest BCUT2D eigenvalue weighted by atomic mass is 35.5. The SMILES string of the molecule is C=CCON=C(CCC)C1=C(C2(Cl)C(Cl)=C(C(=O)O)C(Cl)=C(Cl)C2(C(=O)O)C2=C(C(CCC)=NOCC=C)C(=O)CC(C)(C)C2)CC(C)(C)CC1=O. The maximum atomic E-state index is 14.5. The average molecular weight is 801 g/mol. The summed E-state index contributed by atoms with van der Waals surface area (Å²) in [6.07, 6.45) is 4.11. The zero-order valence-electron chi connectivity index (χ0n) is 30.4. The number of rotatable bonds is 16. The molecule has 52 heavy (non-hydrogen) atoms. The van der Waals surface area contributed by atoms with Crippen LogP contribution in [0.1, 0.15) is 92.9 Å². The molecule has 284 valence electrons. The van der Waals surface area contributed by atoms with Crippen molar-refractivity contribution < 1.29 is 39.1 Å². The van der Waals surface area contributed by atoms with E-state index in [2.05, 4.69) is 23.5 Å². The lowest BCUT2D eigenvalue weighted by molar-refractivity contribution is -0.146. The number of allylic oxidation sites excluding steroid dienone is 4. The molecule has 3 rings (SSSR count). The third-order valence-electron chi connectivity index (χ3n) is 9.22. The van der Waals surface area contributed by atoms with Gasteiger partial charge in [0.1, 0.15) is 18.1 Å². The molecule has 0 aromatic carbocycles. The first-order valence-corrected chi connectivity index (χ1v) is 18.5. The molecule has 0 heterocycles. The fourth-order valence-electron chi connectivity index (χ4n) is 7.28. The number of aliphatic carboxylic acids is 2. The zero-order valence-corrected chi connectivity index (χ0v) is 33.4. The highest BCUT2D eigenvalue weighted by molar-refractivity contribution is 6.52. The van der Waals surface area contributed by atoms with Crippen LogP contribution >= 0.6 is 46.4 Å². The molecule has 0 saturated carbocycles. The summed E-state index contributed by atoms with van der Waals surface area (Å²) in [6.45, 7) is 18.1. The molecule has 0 bridgehead atoms. The lowest BCUT2D eigenvalue weighted by Gasteiger charge is -2.53. The van der Waals surface area contributed by atoms with Gasteiger partial charge in [-0.05, 0) is 47.7 Å². The van der Waals surface area contributed by atoms with Crippen molar-refractivity contribution in [2.45, 2.75) is 97.8 Å². The van der Waals surface area contributed by atoms with Gasteiger partial charge in [-0.3, -0.25) is 14.4 Å². The second-order valence-corrected chi connectivity index (χ2v) is 16.4. The van der Waals surface area contributed by atoms with Crippen LogP contribution in [0, 0.1) is 16.2 Å². The molecule has 0 aromatic rings. The van der Waals surface area contributed by atoms with E-state index in [0.29, 0.717) is 12.8 Å². The lowest BCUT2D eigenvalue weighted by atomic mass is 9.54. The Balaban J connectivity index is 2.83. The number of alkyl halides is 1. The Morgan fingerprint density at radius 2 is 1.17 bits per heavy atom. The van der Waals surface area contributed by atoms with Crippen LogP contribution in [0.5, 0.6) is 0 Å². The molecule has 2 atom stereocenters. The molecular weight excluding hydrogens is 754 g/mol. The van der Waals surface area contributed by atoms with Crippen LogP contribution in [-0.2, 0) is 28.9 Å². The van der Waals surface area contributed by atoms with Crippen LogP contribution in [0.25, 0.3) is 0 Å². The number of carboxylic acid groups (broad SMARTS) is 2. The van der Waals surface area contributed by atoms with Gasteiger partial charge in [0.05, 0.1) is 32.1 Å². The third kappa shape index (κ3) is 7.86. The van der Waals surface area contributed by atoms with Gasteiger partial charge in [0.25, 0.3) is 0 Å². The fraction of sp³-hybridized carbons (Fsp3) is 0.526. The number of carboxylic acids is 2. The van der Waals surface area contributed by atoms with Gasteiger partial charge in [0.2, 0.25) is 0 Å². The van der Waals surface area contributed by atoms with Gasteiger partial charge in [-0.1, -0.05) is 125 Å². The van der Waals surface area contributed by atoms with Crippen molar-refractivity contribution in [2.75, 3.05) is 13.2 Å². The van der Waals surface area contributed by atoms with Gasteiger partial charge >= 0.3 is 11.9 Å². The molecule has 10 nitrogen and oxygen atoms in total. The quantitative estimate of drug-likeness (QED) is 0.0515. The lowest BCUT2D eigenvalue weighted by Crippen LogP contribution is -2.58. The predicted molar refractivity (Wildman–Crippen MR) is 205 cm³/mol. The Morgan fingerprint density at radius 1 is 0.750 bits per heavy atom. The van der Waals surface area contributed by atoms with E-state index in [9.17, 15) is 29.4 Å². The monoisotopic (exact) mass is 798 g/mol. The summed E-state index contributed by atoms with van der Waals surface area (Å²) in [5, 5.41) is 28.7. The number of ketones is 2. The summed E-state index contributed by atoms with van der Waals surface area (Å²) in [5.74, 6) is -4.24. The maximum Gasteiger partial charge on any atom is 0.338 e. The first-order chi connectivity index (χ1) is 24.2. The first kappa shape index (κ1) is 43.2. The molecule has 2 unspecified atom stereocenters. The molecular formula is C38H46Cl4N2O8. The van der Waals surface area contributed by atoms with Crippen LogP contribution in [0.15, 0.2) is 78.6 Å². The normalized spacial score (nSPS) is 25.4. The minimum Gasteiger partial charge on any atom is -0.480 e. The average Bonchev–Trinajstić information content (AvgIpc) is 3.02. The number of halogens is 4. The summed E-state index contributed by atoms with van der Waals surface area (Å²) in [5.41, 5.74) is -5.23. The summed E-state index contributed by atoms with van der Waals surface area (Å²) in [6, 6.07) is 0. The maximum absolute atomic E-state index is 14.5. The molecule has 0 spiro atoms. The van der Waals surface area contributed by atoms with E-state index in [1.165, 1.54) is 12.2 Å². The number of carbonyl (C=O) groups excluding carboxylic acids is 2. The van der Waals surface area contributed by atoms with Gasteiger partial charge in [-0.2, -0.15) is 0 Å². The molecule has 0 aliphatic heterocycles. The summed E-state index contributed by atoms with van der Waals surface area (Å²) < 4.78 is 0. The van der Waals surface area contributed by atoms with Crippen LogP contribution in [0.3, 0.4) is 0 Å². The largest absolute Gasteiger partial charge is 0.480 e. The van der Waals surface area contributed by atoms with Crippen LogP contribution < -0.4 is 0 Å². The smallest absolute Gasteiger partial charge is 0.338 e. The van der Waals surface area contributed by atoms with E-state index < -0.39 is 65.3 Å². The second-order valence-electron chi connectivity index (χ2n) is 14.7. The molecule has 2 N–H and O–H groups in total. The Labute approximate surface area is 324 Å². The molecule has 0 radical (unpaired) electrons. The fourth-order valence-corrected chi connectivity index (χ4v) is 9.11. The van der Waals surface area contributed by atoms with Crippen molar-refractivity contribution >= 4 is 81.3 Å². The Hall–Kier alpha value is -3.18. The standard InChI is InChI=1S/C38H46Cl4N2O8/c1-9-13-23(43-51-15-11-3)27-21(17-35(5,6)19-25(27)45)37(34(49)50)32(41)30(39)29(33(47)48)31(40)38(37,42)22-18-36(7,8)20-26(46)28(22)24(14-10-2)44-52-16-12-4/h11-12H,3-4,9-10,13-20H2,1-2,5-8H3,(H,47,48)(H,49,50). The van der Waals surface area contributed by atoms with E-state index in [4.69, 9.17) is 56.1 Å². The van der Waals surface area contributed by atoms with Crippen LogP contribution in [0.2, 0.25) is 0 Å². The zero-order chi connectivity index (χ0) is 39.4. The number of oxime groups is 2. The van der Waals surface area contributed by atoms with Crippen LogP contribution in [-0.4, -0.2) is 63.2 Å². The highest BCUT2D eigenvalue weighted by Crippen LogP contribution is 2.68. The molecule has 14 heteroatoms. The number of carbonyl (C=O) groups is 4. The topological polar surface area (TPSA) is 152 Å². The van der Waals surface area contributed by atoms with Crippen molar-refractivity contribution in [3.8, 4) is 0 Å². The van der Waals surface area contributed by atoms with Crippen molar-refractivity contribution in [1.29, 1.82) is 0 Å². The number of hydrogen-bond acceptors (Lipinski definition) is 8. The molecule has 3 aliphatic rings. The second kappa shape index (κ2) is 16.9. The van der Waals surface area contributed by atoms with Gasteiger partial charge in [-0.15, -0.1) is 11.6 Å². The Morgan fingerprint density at radius 3 is 1.56 bits per heavy atom. The minimum atomic E-state index is -2.76. The number of Topliss-reactive ketones (excluding diaryl/α,β-unsaturated/α-hetero) is 2. The third-order valence-corrected chi connectivity index (χ3v) is 11.4. The Kier molecular flexibility index (Phi) is 14.0. The van der Waals surface area contributed by atoms with E-state index in [-0.39, 0.29) is 85.5 Å². The number of nitrogens with zero attached hydrogens (tertiary/aromatic N) is 2. The van der Waals surface area contributed by atoms with Crippen molar-refractivity contribution in [3.05, 3.63) is 68.3 Å². The van der Waals surface area contributed by atoms with Crippen molar-refractivity contribution in [2.24, 2.45) is 26.6 Å². The summed E-state index contributed by atoms with van der Waals surface area (Å²) in [7, 11) is 0. The van der Waals surface area contributed by atoms with Gasteiger partial charge in [0, 0.05) is 24.0 Å². The van der Waals surface area contributed by atoms with Crippen LogP contribution in [0.4, 0.5) is 0 Å². The summed E-state index contributed by atoms with van der Waals surface area (Å²) in [4.78, 5) is 64.4. The van der Waals surface area contributed by atoms with E-state index in [1.807, 2.05) is 13.8 Å².